The number of amides is 1. The minimum absolute atomic E-state index is 0.110. The molecule has 0 radical (unpaired) electrons. The molecule has 0 bridgehead atoms. The SMILES string of the molecule is CC(=O)N1c2ccc(O)cc2C(C)=C(c2cccc(O)c2)C1c1ccc(OCC(C)N2CCC(C)C2)cc1. The topological polar surface area (TPSA) is 73.2 Å². The van der Waals surface area contributed by atoms with Crippen molar-refractivity contribution in [2.75, 3.05) is 24.6 Å². The summed E-state index contributed by atoms with van der Waals surface area (Å²) in [5.41, 5.74) is 5.14. The smallest absolute Gasteiger partial charge is 0.224 e. The molecule has 6 heteroatoms. The van der Waals surface area contributed by atoms with Gasteiger partial charge >= 0.3 is 0 Å². The molecule has 3 aromatic rings. The summed E-state index contributed by atoms with van der Waals surface area (Å²) in [5, 5.41) is 20.5. The fourth-order valence-corrected chi connectivity index (χ4v) is 5.81. The van der Waals surface area contributed by atoms with Gasteiger partial charge in [-0.15, -0.1) is 0 Å². The number of carbonyl (C=O) groups excluding carboxylic acids is 1. The number of phenols is 2. The van der Waals surface area contributed by atoms with Crippen molar-refractivity contribution in [3.8, 4) is 17.2 Å². The van der Waals surface area contributed by atoms with Crippen molar-refractivity contribution < 1.29 is 19.7 Å². The van der Waals surface area contributed by atoms with E-state index >= 15 is 0 Å². The largest absolute Gasteiger partial charge is 0.508 e. The van der Waals surface area contributed by atoms with E-state index in [4.69, 9.17) is 4.74 Å². The maximum absolute atomic E-state index is 13.1. The van der Waals surface area contributed by atoms with Gasteiger partial charge in [-0.2, -0.15) is 0 Å². The van der Waals surface area contributed by atoms with Crippen LogP contribution >= 0.6 is 0 Å². The lowest BCUT2D eigenvalue weighted by atomic mass is 9.81. The van der Waals surface area contributed by atoms with E-state index in [-0.39, 0.29) is 17.4 Å². The lowest BCUT2D eigenvalue weighted by Crippen LogP contribution is -2.37. The fourth-order valence-electron chi connectivity index (χ4n) is 5.81. The summed E-state index contributed by atoms with van der Waals surface area (Å²) in [6.07, 6.45) is 1.24. The molecule has 1 amide bonds. The van der Waals surface area contributed by atoms with Crippen molar-refractivity contribution >= 4 is 22.7 Å². The highest BCUT2D eigenvalue weighted by molar-refractivity contribution is 6.08. The van der Waals surface area contributed by atoms with Gasteiger partial charge in [-0.1, -0.05) is 31.2 Å². The van der Waals surface area contributed by atoms with Gasteiger partial charge in [0.15, 0.2) is 0 Å². The number of benzene rings is 3. The summed E-state index contributed by atoms with van der Waals surface area (Å²) in [7, 11) is 0. The first kappa shape index (κ1) is 25.9. The first-order valence-electron chi connectivity index (χ1n) is 13.3. The zero-order chi connectivity index (χ0) is 27.0. The quantitative estimate of drug-likeness (QED) is 0.409. The molecule has 2 heterocycles. The van der Waals surface area contributed by atoms with E-state index in [9.17, 15) is 15.0 Å². The van der Waals surface area contributed by atoms with Crippen LogP contribution in [-0.2, 0) is 4.79 Å². The second-order valence-corrected chi connectivity index (χ2v) is 10.7. The number of nitrogens with zero attached hydrogens (tertiary/aromatic N) is 2. The van der Waals surface area contributed by atoms with Crippen LogP contribution < -0.4 is 9.64 Å². The van der Waals surface area contributed by atoms with Crippen molar-refractivity contribution in [2.45, 2.75) is 46.2 Å². The number of hydrogen-bond acceptors (Lipinski definition) is 5. The highest BCUT2D eigenvalue weighted by atomic mass is 16.5. The average molecular weight is 513 g/mol. The Morgan fingerprint density at radius 1 is 1.05 bits per heavy atom. The van der Waals surface area contributed by atoms with Gasteiger partial charge in [0.05, 0.1) is 11.7 Å². The van der Waals surface area contributed by atoms with Crippen LogP contribution in [0.2, 0.25) is 0 Å². The molecule has 0 saturated carbocycles. The number of ether oxygens (including phenoxy) is 1. The lowest BCUT2D eigenvalue weighted by Gasteiger charge is -2.40. The molecule has 3 unspecified atom stereocenters. The molecule has 6 nitrogen and oxygen atoms in total. The first-order valence-corrected chi connectivity index (χ1v) is 13.3. The molecule has 198 valence electrons. The molecular formula is C32H36N2O4. The normalized spacial score (nSPS) is 20.4. The third kappa shape index (κ3) is 5.01. The van der Waals surface area contributed by atoms with E-state index in [0.717, 1.165) is 58.3 Å². The number of fused-ring (bicyclic) bond motifs is 1. The molecule has 2 aliphatic heterocycles. The van der Waals surface area contributed by atoms with Gasteiger partial charge in [0, 0.05) is 25.1 Å². The van der Waals surface area contributed by atoms with E-state index in [1.165, 1.54) is 6.42 Å². The number of allylic oxidation sites excluding steroid dienone is 1. The monoisotopic (exact) mass is 512 g/mol. The number of hydrogen-bond donors (Lipinski definition) is 2. The standard InChI is InChI=1S/C32H36N2O4/c1-20-14-15-33(18-20)21(2)19-38-28-11-8-24(9-12-28)32-31(25-6-5-7-26(36)16-25)22(3)29-17-27(37)10-13-30(29)34(32)23(4)35/h5-13,16-17,20-21,32,36-37H,14-15,18-19H2,1-4H3. The second kappa shape index (κ2) is 10.5. The van der Waals surface area contributed by atoms with Crippen molar-refractivity contribution in [1.82, 2.24) is 4.90 Å². The Kier molecular flexibility index (Phi) is 7.17. The third-order valence-electron chi connectivity index (χ3n) is 7.84. The van der Waals surface area contributed by atoms with E-state index in [1.54, 1.807) is 48.2 Å². The number of anilines is 1. The predicted octanol–water partition coefficient (Wildman–Crippen LogP) is 6.25. The zero-order valence-corrected chi connectivity index (χ0v) is 22.5. The number of aromatic hydroxyl groups is 2. The number of likely N-dealkylation sites (tertiary alicyclic amines) is 1. The molecule has 2 aliphatic rings. The van der Waals surface area contributed by atoms with Gasteiger partial charge in [-0.05, 0) is 97.5 Å². The van der Waals surface area contributed by atoms with E-state index in [0.29, 0.717) is 12.6 Å². The van der Waals surface area contributed by atoms with Gasteiger partial charge in [0.1, 0.15) is 23.9 Å². The molecule has 0 aliphatic carbocycles. The molecule has 1 fully saturated rings. The van der Waals surface area contributed by atoms with Gasteiger partial charge in [-0.25, -0.2) is 0 Å². The van der Waals surface area contributed by atoms with Gasteiger partial charge in [0.25, 0.3) is 0 Å². The number of phenolic OH excluding ortho intramolecular Hbond substituents is 2. The summed E-state index contributed by atoms with van der Waals surface area (Å²) in [5.74, 6) is 1.72. The molecule has 1 saturated heterocycles. The maximum atomic E-state index is 13.1. The minimum Gasteiger partial charge on any atom is -0.508 e. The Balaban J connectivity index is 1.51. The highest BCUT2D eigenvalue weighted by Crippen LogP contribution is 2.50. The average Bonchev–Trinajstić information content (AvgIpc) is 3.34. The summed E-state index contributed by atoms with van der Waals surface area (Å²) in [6, 6.07) is 20.1. The molecule has 3 aromatic carbocycles. The summed E-state index contributed by atoms with van der Waals surface area (Å²) < 4.78 is 6.15. The van der Waals surface area contributed by atoms with Gasteiger partial charge in [-0.3, -0.25) is 9.69 Å². The van der Waals surface area contributed by atoms with Crippen LogP contribution in [0.3, 0.4) is 0 Å². The molecule has 38 heavy (non-hydrogen) atoms. The predicted molar refractivity (Wildman–Crippen MR) is 151 cm³/mol. The molecule has 5 rings (SSSR count). The van der Waals surface area contributed by atoms with Crippen molar-refractivity contribution in [3.05, 3.63) is 83.4 Å². The van der Waals surface area contributed by atoms with Gasteiger partial charge in [0.2, 0.25) is 5.91 Å². The first-order chi connectivity index (χ1) is 18.2. The Morgan fingerprint density at radius 2 is 1.79 bits per heavy atom. The van der Waals surface area contributed by atoms with E-state index < -0.39 is 6.04 Å². The number of carbonyl (C=O) groups is 1. The Hall–Kier alpha value is -3.77. The molecule has 2 N–H and O–H groups in total. The molecule has 0 spiro atoms. The summed E-state index contributed by atoms with van der Waals surface area (Å²) in [4.78, 5) is 17.4. The Morgan fingerprint density at radius 3 is 2.45 bits per heavy atom. The van der Waals surface area contributed by atoms with Crippen LogP contribution in [0.25, 0.3) is 11.1 Å². The van der Waals surface area contributed by atoms with E-state index in [2.05, 4.69) is 18.7 Å². The Labute approximate surface area is 224 Å². The van der Waals surface area contributed by atoms with Crippen LogP contribution in [0.5, 0.6) is 17.2 Å². The molecular weight excluding hydrogens is 476 g/mol. The molecule has 0 aromatic heterocycles. The Bertz CT molecular complexity index is 1360. The van der Waals surface area contributed by atoms with Crippen LogP contribution in [0.1, 0.15) is 56.8 Å². The summed E-state index contributed by atoms with van der Waals surface area (Å²) >= 11 is 0. The molecule has 3 atom stereocenters. The van der Waals surface area contributed by atoms with Crippen molar-refractivity contribution in [3.63, 3.8) is 0 Å². The van der Waals surface area contributed by atoms with Crippen molar-refractivity contribution in [1.29, 1.82) is 0 Å². The summed E-state index contributed by atoms with van der Waals surface area (Å²) in [6.45, 7) is 10.9. The highest BCUT2D eigenvalue weighted by Gasteiger charge is 2.36. The number of rotatable bonds is 6. The minimum atomic E-state index is -0.412. The maximum Gasteiger partial charge on any atom is 0.224 e. The lowest BCUT2D eigenvalue weighted by molar-refractivity contribution is -0.116. The zero-order valence-electron chi connectivity index (χ0n) is 22.5. The van der Waals surface area contributed by atoms with Crippen LogP contribution in [0.15, 0.2) is 66.7 Å². The van der Waals surface area contributed by atoms with Crippen LogP contribution in [0, 0.1) is 5.92 Å². The van der Waals surface area contributed by atoms with Crippen molar-refractivity contribution in [2.24, 2.45) is 5.92 Å². The van der Waals surface area contributed by atoms with Gasteiger partial charge < -0.3 is 19.8 Å². The second-order valence-electron chi connectivity index (χ2n) is 10.7. The van der Waals surface area contributed by atoms with Crippen LogP contribution in [-0.4, -0.2) is 46.8 Å². The van der Waals surface area contributed by atoms with Crippen LogP contribution in [0.4, 0.5) is 5.69 Å². The van der Waals surface area contributed by atoms with E-state index in [1.807, 2.05) is 37.3 Å². The third-order valence-corrected chi connectivity index (χ3v) is 7.84. The fraction of sp³-hybridized carbons (Fsp3) is 0.344.